The van der Waals surface area contributed by atoms with E-state index in [1.807, 2.05) is 0 Å². The fraction of sp³-hybridized carbons (Fsp3) is 0.273. The van der Waals surface area contributed by atoms with Crippen molar-refractivity contribution >= 4 is 11.9 Å². The number of carbonyl (C=O) groups excluding carboxylic acids is 2. The van der Waals surface area contributed by atoms with Crippen molar-refractivity contribution in [2.75, 3.05) is 0 Å². The Balaban J connectivity index is 0.00000289. The number of benzene rings is 1. The van der Waals surface area contributed by atoms with E-state index in [-0.39, 0.29) is 48.9 Å². The van der Waals surface area contributed by atoms with E-state index in [0.717, 1.165) is 12.1 Å². The first-order valence-corrected chi connectivity index (χ1v) is 4.89. The van der Waals surface area contributed by atoms with Crippen LogP contribution in [-0.4, -0.2) is 11.9 Å². The minimum Gasteiger partial charge on any atom is -0.550 e. The number of carboxylic acids is 1. The number of aliphatic carboxylic acids is 1. The number of rotatable bonds is 5. The molecule has 0 saturated carbocycles. The van der Waals surface area contributed by atoms with Gasteiger partial charge in [-0.15, -0.1) is 0 Å². The van der Waals surface area contributed by atoms with Crippen LogP contribution < -0.4 is 40.0 Å². The van der Waals surface area contributed by atoms with Crippen LogP contribution in [0, 0.1) is 11.6 Å². The smallest absolute Gasteiger partial charge is 0.550 e. The van der Waals surface area contributed by atoms with E-state index in [1.54, 1.807) is 0 Å². The standard InChI is InChI=1S/C11H11F2NO3.Na/c12-8-2-1-7(5-9(8)13)6-14-10(15)3-4-11(16)17;/h1-2,5H,3-4,6H2,(H,14,15)(H,16,17);/q;+1/p-1. The van der Waals surface area contributed by atoms with Crippen LogP contribution in [0.1, 0.15) is 18.4 Å². The number of carbonyl (C=O) groups is 2. The van der Waals surface area contributed by atoms with Gasteiger partial charge in [0.2, 0.25) is 5.91 Å². The molecule has 0 aliphatic carbocycles. The fourth-order valence-corrected chi connectivity index (χ4v) is 1.15. The summed E-state index contributed by atoms with van der Waals surface area (Å²) in [7, 11) is 0. The number of nitrogens with one attached hydrogen (secondary N) is 1. The van der Waals surface area contributed by atoms with Crippen LogP contribution in [0.25, 0.3) is 0 Å². The Labute approximate surface area is 125 Å². The van der Waals surface area contributed by atoms with Gasteiger partial charge in [-0.3, -0.25) is 4.79 Å². The van der Waals surface area contributed by atoms with Gasteiger partial charge in [0, 0.05) is 18.9 Å². The van der Waals surface area contributed by atoms with Crippen molar-refractivity contribution in [2.24, 2.45) is 0 Å². The van der Waals surface area contributed by atoms with E-state index < -0.39 is 23.5 Å². The Morgan fingerprint density at radius 3 is 2.39 bits per heavy atom. The van der Waals surface area contributed by atoms with Crippen LogP contribution in [0.3, 0.4) is 0 Å². The van der Waals surface area contributed by atoms with E-state index in [9.17, 15) is 23.5 Å². The molecule has 0 aliphatic heterocycles. The van der Waals surface area contributed by atoms with Crippen molar-refractivity contribution in [2.45, 2.75) is 19.4 Å². The van der Waals surface area contributed by atoms with Crippen molar-refractivity contribution in [1.82, 2.24) is 5.32 Å². The summed E-state index contributed by atoms with van der Waals surface area (Å²) in [4.78, 5) is 21.2. The summed E-state index contributed by atoms with van der Waals surface area (Å²) in [6.45, 7) is 0.0169. The second kappa shape index (κ2) is 8.18. The van der Waals surface area contributed by atoms with Gasteiger partial charge >= 0.3 is 29.6 Å². The number of hydrogen-bond donors (Lipinski definition) is 1. The maximum Gasteiger partial charge on any atom is 1.00 e. The van der Waals surface area contributed by atoms with Gasteiger partial charge in [-0.2, -0.15) is 0 Å². The Morgan fingerprint density at radius 2 is 1.83 bits per heavy atom. The first kappa shape index (κ1) is 17.0. The Hall–Kier alpha value is -0.980. The van der Waals surface area contributed by atoms with Crippen LogP contribution >= 0.6 is 0 Å². The zero-order valence-electron chi connectivity index (χ0n) is 9.83. The Bertz CT molecular complexity index is 440. The van der Waals surface area contributed by atoms with Crippen molar-refractivity contribution in [3.8, 4) is 0 Å². The first-order valence-electron chi connectivity index (χ1n) is 4.89. The predicted octanol–water partition coefficient (Wildman–Crippen LogP) is -2.88. The summed E-state index contributed by atoms with van der Waals surface area (Å²) in [5.41, 5.74) is 0.394. The molecule has 18 heavy (non-hydrogen) atoms. The van der Waals surface area contributed by atoms with Gasteiger partial charge in [-0.05, 0) is 24.1 Å². The molecule has 0 fully saturated rings. The number of carboxylic acid groups (broad SMARTS) is 1. The topological polar surface area (TPSA) is 69.2 Å². The number of hydrogen-bond acceptors (Lipinski definition) is 3. The van der Waals surface area contributed by atoms with E-state index in [4.69, 9.17) is 0 Å². The van der Waals surface area contributed by atoms with Gasteiger partial charge in [0.05, 0.1) is 0 Å². The van der Waals surface area contributed by atoms with E-state index >= 15 is 0 Å². The van der Waals surface area contributed by atoms with E-state index in [0.29, 0.717) is 5.56 Å². The molecular weight excluding hydrogens is 255 g/mol. The van der Waals surface area contributed by atoms with Crippen molar-refractivity contribution in [3.05, 3.63) is 35.4 Å². The molecule has 1 amide bonds. The van der Waals surface area contributed by atoms with Crippen LogP contribution in [0.15, 0.2) is 18.2 Å². The minimum absolute atomic E-state index is 0. The molecule has 0 saturated heterocycles. The van der Waals surface area contributed by atoms with Gasteiger partial charge in [0.1, 0.15) is 0 Å². The molecule has 1 N–H and O–H groups in total. The second-order valence-electron chi connectivity index (χ2n) is 3.40. The summed E-state index contributed by atoms with van der Waals surface area (Å²) >= 11 is 0. The predicted molar refractivity (Wildman–Crippen MR) is 52.4 cm³/mol. The van der Waals surface area contributed by atoms with Gasteiger partial charge in [0.15, 0.2) is 11.6 Å². The zero-order valence-corrected chi connectivity index (χ0v) is 11.8. The Kier molecular flexibility index (Phi) is 7.73. The van der Waals surface area contributed by atoms with E-state index in [2.05, 4.69) is 5.32 Å². The van der Waals surface area contributed by atoms with Crippen molar-refractivity contribution in [1.29, 1.82) is 0 Å². The monoisotopic (exact) mass is 265 g/mol. The first-order chi connectivity index (χ1) is 7.99. The molecule has 92 valence electrons. The molecule has 4 nitrogen and oxygen atoms in total. The molecule has 0 aliphatic rings. The van der Waals surface area contributed by atoms with E-state index in [1.165, 1.54) is 6.07 Å². The molecule has 0 heterocycles. The fourth-order valence-electron chi connectivity index (χ4n) is 1.15. The summed E-state index contributed by atoms with van der Waals surface area (Å²) in [5.74, 6) is -3.75. The molecule has 1 aromatic carbocycles. The molecule has 0 unspecified atom stereocenters. The molecule has 0 atom stereocenters. The molecule has 7 heteroatoms. The van der Waals surface area contributed by atoms with Crippen molar-refractivity contribution in [3.63, 3.8) is 0 Å². The largest absolute Gasteiger partial charge is 1.00 e. The van der Waals surface area contributed by atoms with Crippen LogP contribution in [0.2, 0.25) is 0 Å². The van der Waals surface area contributed by atoms with Gasteiger partial charge in [-0.25, -0.2) is 8.78 Å². The maximum atomic E-state index is 12.8. The van der Waals surface area contributed by atoms with Crippen LogP contribution in [0.4, 0.5) is 8.78 Å². The third-order valence-corrected chi connectivity index (χ3v) is 2.03. The molecular formula is C11H10F2NNaO3. The van der Waals surface area contributed by atoms with Gasteiger partial charge in [-0.1, -0.05) is 6.07 Å². The van der Waals surface area contributed by atoms with Crippen LogP contribution in [-0.2, 0) is 16.1 Å². The maximum absolute atomic E-state index is 12.8. The van der Waals surface area contributed by atoms with Crippen molar-refractivity contribution < 1.29 is 53.0 Å². The Morgan fingerprint density at radius 1 is 1.17 bits per heavy atom. The molecule has 0 radical (unpaired) electrons. The zero-order chi connectivity index (χ0) is 12.8. The average Bonchev–Trinajstić information content (AvgIpc) is 2.28. The molecule has 0 bridgehead atoms. The summed E-state index contributed by atoms with van der Waals surface area (Å²) in [6, 6.07) is 3.25. The third kappa shape index (κ3) is 6.09. The molecule has 0 spiro atoms. The summed E-state index contributed by atoms with van der Waals surface area (Å²) in [5, 5.41) is 12.5. The average molecular weight is 265 g/mol. The SMILES string of the molecule is O=C([O-])CCC(=O)NCc1ccc(F)c(F)c1.[Na+]. The summed E-state index contributed by atoms with van der Waals surface area (Å²) in [6.07, 6.45) is -0.574. The van der Waals surface area contributed by atoms with Crippen LogP contribution in [0.5, 0.6) is 0 Å². The normalized spacial score (nSPS) is 9.44. The second-order valence-corrected chi connectivity index (χ2v) is 3.40. The van der Waals surface area contributed by atoms with Gasteiger partial charge < -0.3 is 15.2 Å². The van der Waals surface area contributed by atoms with Gasteiger partial charge in [0.25, 0.3) is 0 Å². The minimum atomic E-state index is -1.31. The quantitative estimate of drug-likeness (QED) is 0.581. The molecule has 1 rings (SSSR count). The molecule has 1 aromatic rings. The number of halogens is 2. The summed E-state index contributed by atoms with van der Waals surface area (Å²) < 4.78 is 25.4. The molecule has 0 aromatic heterocycles. The third-order valence-electron chi connectivity index (χ3n) is 2.03. The number of amides is 1.